The number of aliphatic hydroxyl groups is 1. The Labute approximate surface area is 167 Å². The van der Waals surface area contributed by atoms with Crippen molar-refractivity contribution >= 4 is 17.7 Å². The van der Waals surface area contributed by atoms with Crippen molar-refractivity contribution in [2.24, 2.45) is 0 Å². The molecule has 1 aromatic carbocycles. The van der Waals surface area contributed by atoms with Crippen molar-refractivity contribution in [3.63, 3.8) is 0 Å². The summed E-state index contributed by atoms with van der Waals surface area (Å²) < 4.78 is 0. The van der Waals surface area contributed by atoms with E-state index in [4.69, 9.17) is 11.6 Å². The number of rotatable bonds is 7. The van der Waals surface area contributed by atoms with Crippen LogP contribution in [0.1, 0.15) is 58.4 Å². The standard InChI is InChI=1S/C21H33ClN2O3/c1-21(2,3)24(20(26)27)18(13-15-9-11-16(22)12-10-15)19(25)14-23-17-7-5-4-6-8-17/h9-12,17-19,23,25H,4-8,13-14H2,1-3H3,(H,26,27)/t18-,19-/m0/s1. The van der Waals surface area contributed by atoms with Crippen molar-refractivity contribution in [3.05, 3.63) is 34.9 Å². The molecule has 5 nitrogen and oxygen atoms in total. The number of amides is 1. The topological polar surface area (TPSA) is 72.8 Å². The van der Waals surface area contributed by atoms with Gasteiger partial charge in [0.1, 0.15) is 0 Å². The van der Waals surface area contributed by atoms with E-state index in [2.05, 4.69) is 5.32 Å². The van der Waals surface area contributed by atoms with Crippen LogP contribution in [-0.2, 0) is 6.42 Å². The molecule has 2 atom stereocenters. The molecule has 0 aliphatic heterocycles. The molecule has 1 fully saturated rings. The number of carboxylic acid groups (broad SMARTS) is 1. The molecular weight excluding hydrogens is 364 g/mol. The van der Waals surface area contributed by atoms with Gasteiger partial charge in [0.2, 0.25) is 0 Å². The SMILES string of the molecule is CC(C)(C)N(C(=O)O)[C@@H](Cc1ccc(Cl)cc1)[C@@H](O)CNC1CCCCC1. The summed E-state index contributed by atoms with van der Waals surface area (Å²) in [6.45, 7) is 5.97. The van der Waals surface area contributed by atoms with Crippen LogP contribution in [0.2, 0.25) is 5.02 Å². The fourth-order valence-corrected chi connectivity index (χ4v) is 4.04. The normalized spacial score (nSPS) is 18.1. The van der Waals surface area contributed by atoms with E-state index < -0.39 is 23.8 Å². The number of aliphatic hydroxyl groups excluding tert-OH is 1. The molecule has 0 heterocycles. The number of benzene rings is 1. The Bertz CT molecular complexity index is 594. The highest BCUT2D eigenvalue weighted by Gasteiger charge is 2.37. The van der Waals surface area contributed by atoms with Gasteiger partial charge in [-0.15, -0.1) is 0 Å². The van der Waals surface area contributed by atoms with Gasteiger partial charge in [-0.25, -0.2) is 4.79 Å². The number of nitrogens with one attached hydrogen (secondary N) is 1. The summed E-state index contributed by atoms with van der Waals surface area (Å²) in [5, 5.41) is 24.9. The lowest BCUT2D eigenvalue weighted by Gasteiger charge is -2.42. The molecule has 1 amide bonds. The summed E-state index contributed by atoms with van der Waals surface area (Å²) in [6, 6.07) is 7.24. The summed E-state index contributed by atoms with van der Waals surface area (Å²) >= 11 is 5.97. The third kappa shape index (κ3) is 6.66. The second-order valence-corrected chi connectivity index (χ2v) is 8.97. The summed E-state index contributed by atoms with van der Waals surface area (Å²) in [6.07, 6.45) is 4.57. The minimum atomic E-state index is -1.02. The Kier molecular flexibility index (Phi) is 7.95. The number of halogens is 1. The number of hydrogen-bond acceptors (Lipinski definition) is 3. The zero-order valence-electron chi connectivity index (χ0n) is 16.6. The highest BCUT2D eigenvalue weighted by Crippen LogP contribution is 2.24. The molecule has 1 aliphatic carbocycles. The zero-order valence-corrected chi connectivity index (χ0v) is 17.4. The molecule has 1 saturated carbocycles. The lowest BCUT2D eigenvalue weighted by molar-refractivity contribution is 0.00649. The van der Waals surface area contributed by atoms with Gasteiger partial charge in [-0.3, -0.25) is 4.90 Å². The summed E-state index contributed by atoms with van der Waals surface area (Å²) in [5.74, 6) is 0. The maximum Gasteiger partial charge on any atom is 0.408 e. The van der Waals surface area contributed by atoms with Crippen LogP contribution in [0.5, 0.6) is 0 Å². The van der Waals surface area contributed by atoms with Crippen LogP contribution in [-0.4, -0.2) is 51.5 Å². The average Bonchev–Trinajstić information content (AvgIpc) is 2.60. The van der Waals surface area contributed by atoms with Gasteiger partial charge in [0.15, 0.2) is 0 Å². The Morgan fingerprint density at radius 3 is 2.33 bits per heavy atom. The first kappa shape index (κ1) is 22.0. The Hall–Kier alpha value is -1.30. The second-order valence-electron chi connectivity index (χ2n) is 8.53. The maximum absolute atomic E-state index is 12.0. The largest absolute Gasteiger partial charge is 0.465 e. The molecule has 0 spiro atoms. The van der Waals surface area contributed by atoms with Crippen molar-refractivity contribution in [2.75, 3.05) is 6.54 Å². The van der Waals surface area contributed by atoms with Crippen molar-refractivity contribution in [2.45, 2.75) is 83.0 Å². The van der Waals surface area contributed by atoms with E-state index in [9.17, 15) is 15.0 Å². The molecule has 6 heteroatoms. The van der Waals surface area contributed by atoms with Crippen molar-refractivity contribution in [1.82, 2.24) is 10.2 Å². The Morgan fingerprint density at radius 2 is 1.81 bits per heavy atom. The van der Waals surface area contributed by atoms with Crippen molar-refractivity contribution < 1.29 is 15.0 Å². The predicted molar refractivity (Wildman–Crippen MR) is 109 cm³/mol. The first-order valence-electron chi connectivity index (χ1n) is 9.86. The molecule has 0 aromatic heterocycles. The minimum Gasteiger partial charge on any atom is -0.465 e. The number of nitrogens with zero attached hydrogens (tertiary/aromatic N) is 1. The highest BCUT2D eigenvalue weighted by atomic mass is 35.5. The number of hydrogen-bond donors (Lipinski definition) is 3. The molecule has 152 valence electrons. The van der Waals surface area contributed by atoms with Crippen LogP contribution < -0.4 is 5.32 Å². The Balaban J connectivity index is 2.15. The molecular formula is C21H33ClN2O3. The molecule has 0 radical (unpaired) electrons. The molecule has 0 saturated heterocycles. The van der Waals surface area contributed by atoms with Crippen LogP contribution in [0.3, 0.4) is 0 Å². The molecule has 1 aliphatic rings. The van der Waals surface area contributed by atoms with Crippen molar-refractivity contribution in [1.29, 1.82) is 0 Å². The third-order valence-electron chi connectivity index (χ3n) is 5.28. The van der Waals surface area contributed by atoms with Crippen LogP contribution in [0.15, 0.2) is 24.3 Å². The molecule has 27 heavy (non-hydrogen) atoms. The van der Waals surface area contributed by atoms with Crippen LogP contribution >= 0.6 is 11.6 Å². The van der Waals surface area contributed by atoms with Gasteiger partial charge in [0.05, 0.1) is 12.1 Å². The molecule has 2 rings (SSSR count). The van der Waals surface area contributed by atoms with Gasteiger partial charge in [-0.1, -0.05) is 43.0 Å². The first-order valence-corrected chi connectivity index (χ1v) is 10.2. The lowest BCUT2D eigenvalue weighted by atomic mass is 9.93. The van der Waals surface area contributed by atoms with Gasteiger partial charge in [0.25, 0.3) is 0 Å². The van der Waals surface area contributed by atoms with E-state index in [1.165, 1.54) is 24.2 Å². The Morgan fingerprint density at radius 1 is 1.22 bits per heavy atom. The van der Waals surface area contributed by atoms with E-state index >= 15 is 0 Å². The fourth-order valence-electron chi connectivity index (χ4n) is 3.92. The fraction of sp³-hybridized carbons (Fsp3) is 0.667. The van der Waals surface area contributed by atoms with Crippen LogP contribution in [0, 0.1) is 0 Å². The number of carbonyl (C=O) groups is 1. The monoisotopic (exact) mass is 396 g/mol. The van der Waals surface area contributed by atoms with Gasteiger partial charge >= 0.3 is 6.09 Å². The third-order valence-corrected chi connectivity index (χ3v) is 5.54. The molecule has 3 N–H and O–H groups in total. The van der Waals surface area contributed by atoms with Crippen LogP contribution in [0.4, 0.5) is 4.79 Å². The summed E-state index contributed by atoms with van der Waals surface area (Å²) in [7, 11) is 0. The van der Waals surface area contributed by atoms with Crippen molar-refractivity contribution in [3.8, 4) is 0 Å². The molecule has 0 unspecified atom stereocenters. The second kappa shape index (κ2) is 9.76. The van der Waals surface area contributed by atoms with Gasteiger partial charge < -0.3 is 15.5 Å². The quantitative estimate of drug-likeness (QED) is 0.642. The van der Waals surface area contributed by atoms with Crippen LogP contribution in [0.25, 0.3) is 0 Å². The highest BCUT2D eigenvalue weighted by molar-refractivity contribution is 6.30. The smallest absolute Gasteiger partial charge is 0.408 e. The van der Waals surface area contributed by atoms with E-state index in [1.54, 1.807) is 12.1 Å². The first-order chi connectivity index (χ1) is 12.7. The van der Waals surface area contributed by atoms with Gasteiger partial charge in [-0.05, 0) is 57.7 Å². The van der Waals surface area contributed by atoms with E-state index in [0.29, 0.717) is 24.0 Å². The van der Waals surface area contributed by atoms with E-state index in [0.717, 1.165) is 18.4 Å². The lowest BCUT2D eigenvalue weighted by Crippen LogP contribution is -2.58. The van der Waals surface area contributed by atoms with Gasteiger partial charge in [0, 0.05) is 23.1 Å². The van der Waals surface area contributed by atoms with Gasteiger partial charge in [-0.2, -0.15) is 0 Å². The average molecular weight is 397 g/mol. The molecule has 0 bridgehead atoms. The summed E-state index contributed by atoms with van der Waals surface area (Å²) in [4.78, 5) is 13.4. The van der Waals surface area contributed by atoms with E-state index in [-0.39, 0.29) is 0 Å². The molecule has 1 aromatic rings. The zero-order chi connectivity index (χ0) is 20.0. The summed E-state index contributed by atoms with van der Waals surface area (Å²) in [5.41, 5.74) is 0.339. The maximum atomic E-state index is 12.0. The minimum absolute atomic E-state index is 0.392. The van der Waals surface area contributed by atoms with E-state index in [1.807, 2.05) is 32.9 Å². The predicted octanol–water partition coefficient (Wildman–Crippen LogP) is 4.31.